The summed E-state index contributed by atoms with van der Waals surface area (Å²) in [6.07, 6.45) is 0.222. The lowest BCUT2D eigenvalue weighted by Gasteiger charge is -2.10. The molecule has 0 radical (unpaired) electrons. The van der Waals surface area contributed by atoms with Crippen LogP contribution in [-0.4, -0.2) is 20.0 Å². The van der Waals surface area contributed by atoms with Crippen molar-refractivity contribution in [3.63, 3.8) is 0 Å². The molecule has 5 heteroatoms. The number of carbonyl (C=O) groups is 1. The van der Waals surface area contributed by atoms with E-state index in [1.165, 1.54) is 7.11 Å². The third kappa shape index (κ3) is 3.69. The van der Waals surface area contributed by atoms with Gasteiger partial charge in [0.15, 0.2) is 5.78 Å². The van der Waals surface area contributed by atoms with E-state index in [1.54, 1.807) is 43.5 Å². The number of benzene rings is 2. The first kappa shape index (κ1) is 15.7. The third-order valence-electron chi connectivity index (χ3n) is 3.06. The van der Waals surface area contributed by atoms with Crippen molar-refractivity contribution in [2.75, 3.05) is 14.2 Å². The van der Waals surface area contributed by atoms with Crippen molar-refractivity contribution in [3.05, 3.63) is 57.6 Å². The Morgan fingerprint density at radius 2 is 1.76 bits per heavy atom. The van der Waals surface area contributed by atoms with E-state index in [-0.39, 0.29) is 12.2 Å². The molecule has 0 aliphatic rings. The molecular weight excluding hydrogens is 311 g/mol. The van der Waals surface area contributed by atoms with Gasteiger partial charge < -0.3 is 9.47 Å². The van der Waals surface area contributed by atoms with Gasteiger partial charge >= 0.3 is 0 Å². The van der Waals surface area contributed by atoms with Crippen LogP contribution >= 0.6 is 23.2 Å². The maximum absolute atomic E-state index is 12.4. The molecule has 0 N–H and O–H groups in total. The maximum atomic E-state index is 12.4. The molecule has 0 saturated heterocycles. The summed E-state index contributed by atoms with van der Waals surface area (Å²) in [4.78, 5) is 12.4. The average molecular weight is 325 g/mol. The molecule has 0 atom stereocenters. The number of Topliss-reactive ketones (excluding diaryl/α,β-unsaturated/α-hetero) is 1. The van der Waals surface area contributed by atoms with Crippen LogP contribution in [-0.2, 0) is 6.42 Å². The molecule has 0 aromatic heterocycles. The summed E-state index contributed by atoms with van der Waals surface area (Å²) >= 11 is 11.8. The first-order valence-electron chi connectivity index (χ1n) is 6.24. The maximum Gasteiger partial charge on any atom is 0.170 e. The minimum absolute atomic E-state index is 0.0621. The molecule has 0 saturated carbocycles. The summed E-state index contributed by atoms with van der Waals surface area (Å²) in [6.45, 7) is 0. The largest absolute Gasteiger partial charge is 0.497 e. The van der Waals surface area contributed by atoms with Crippen LogP contribution in [0.5, 0.6) is 11.5 Å². The predicted molar refractivity (Wildman–Crippen MR) is 84.0 cm³/mol. The fraction of sp³-hybridized carbons (Fsp3) is 0.188. The second-order valence-electron chi connectivity index (χ2n) is 4.41. The second-order valence-corrected chi connectivity index (χ2v) is 5.23. The Hall–Kier alpha value is -1.71. The molecule has 0 bridgehead atoms. The van der Waals surface area contributed by atoms with Crippen LogP contribution in [0.4, 0.5) is 0 Å². The first-order chi connectivity index (χ1) is 10.0. The fourth-order valence-electron chi connectivity index (χ4n) is 1.96. The Bertz CT molecular complexity index is 669. The number of halogens is 2. The van der Waals surface area contributed by atoms with Crippen molar-refractivity contribution in [2.24, 2.45) is 0 Å². The van der Waals surface area contributed by atoms with E-state index >= 15 is 0 Å². The van der Waals surface area contributed by atoms with Gasteiger partial charge in [-0.2, -0.15) is 0 Å². The highest BCUT2D eigenvalue weighted by molar-refractivity contribution is 6.42. The highest BCUT2D eigenvalue weighted by Crippen LogP contribution is 2.27. The Labute approximate surface area is 133 Å². The monoisotopic (exact) mass is 324 g/mol. The molecule has 0 spiro atoms. The quantitative estimate of drug-likeness (QED) is 0.763. The Morgan fingerprint density at radius 3 is 2.38 bits per heavy atom. The highest BCUT2D eigenvalue weighted by Gasteiger charge is 2.14. The van der Waals surface area contributed by atoms with Crippen LogP contribution in [0.3, 0.4) is 0 Å². The first-order valence-corrected chi connectivity index (χ1v) is 7.00. The van der Waals surface area contributed by atoms with Crippen molar-refractivity contribution in [3.8, 4) is 11.5 Å². The minimum Gasteiger partial charge on any atom is -0.497 e. The smallest absolute Gasteiger partial charge is 0.170 e. The topological polar surface area (TPSA) is 35.5 Å². The lowest BCUT2D eigenvalue weighted by Crippen LogP contribution is -2.06. The molecule has 21 heavy (non-hydrogen) atoms. The highest BCUT2D eigenvalue weighted by atomic mass is 35.5. The fourth-order valence-corrected chi connectivity index (χ4v) is 2.28. The van der Waals surface area contributed by atoms with E-state index < -0.39 is 0 Å². The average Bonchev–Trinajstić information content (AvgIpc) is 2.50. The standard InChI is InChI=1S/C16H14Cl2O3/c1-20-11-4-5-12(16(9-11)21-2)15(19)8-10-3-6-13(17)14(18)7-10/h3-7,9H,8H2,1-2H3. The second kappa shape index (κ2) is 6.83. The van der Waals surface area contributed by atoms with Gasteiger partial charge in [-0.05, 0) is 29.8 Å². The molecule has 2 rings (SSSR count). The SMILES string of the molecule is COc1ccc(C(=O)Cc2ccc(Cl)c(Cl)c2)c(OC)c1. The number of hydrogen-bond donors (Lipinski definition) is 0. The van der Waals surface area contributed by atoms with Gasteiger partial charge in [0.2, 0.25) is 0 Å². The zero-order valence-electron chi connectivity index (χ0n) is 11.7. The molecule has 0 aliphatic carbocycles. The van der Waals surface area contributed by atoms with E-state index in [1.807, 2.05) is 0 Å². The van der Waals surface area contributed by atoms with Crippen molar-refractivity contribution in [2.45, 2.75) is 6.42 Å². The predicted octanol–water partition coefficient (Wildman–Crippen LogP) is 4.44. The molecule has 3 nitrogen and oxygen atoms in total. The molecule has 2 aromatic carbocycles. The van der Waals surface area contributed by atoms with Crippen molar-refractivity contribution in [1.82, 2.24) is 0 Å². The van der Waals surface area contributed by atoms with Crippen molar-refractivity contribution >= 4 is 29.0 Å². The van der Waals surface area contributed by atoms with Crippen LogP contribution in [0.1, 0.15) is 15.9 Å². The lowest BCUT2D eigenvalue weighted by atomic mass is 10.0. The Kier molecular flexibility index (Phi) is 5.10. The van der Waals surface area contributed by atoms with Crippen molar-refractivity contribution < 1.29 is 14.3 Å². The van der Waals surface area contributed by atoms with Gasteiger partial charge in [0.1, 0.15) is 11.5 Å². The van der Waals surface area contributed by atoms with Gasteiger partial charge in [-0.25, -0.2) is 0 Å². The molecular formula is C16H14Cl2O3. The van der Waals surface area contributed by atoms with E-state index in [2.05, 4.69) is 0 Å². The van der Waals surface area contributed by atoms with Gasteiger partial charge in [-0.15, -0.1) is 0 Å². The minimum atomic E-state index is -0.0621. The number of carbonyl (C=O) groups excluding carboxylic acids is 1. The zero-order valence-corrected chi connectivity index (χ0v) is 13.2. The van der Waals surface area contributed by atoms with E-state index in [0.717, 1.165) is 5.56 Å². The number of ether oxygens (including phenoxy) is 2. The molecule has 0 unspecified atom stereocenters. The van der Waals surface area contributed by atoms with E-state index in [9.17, 15) is 4.79 Å². The van der Waals surface area contributed by atoms with E-state index in [4.69, 9.17) is 32.7 Å². The van der Waals surface area contributed by atoms with Crippen LogP contribution < -0.4 is 9.47 Å². The van der Waals surface area contributed by atoms with Gasteiger partial charge in [0.25, 0.3) is 0 Å². The van der Waals surface area contributed by atoms with E-state index in [0.29, 0.717) is 27.1 Å². The van der Waals surface area contributed by atoms with Crippen LogP contribution in [0.15, 0.2) is 36.4 Å². The Balaban J connectivity index is 2.25. The van der Waals surface area contributed by atoms with Gasteiger partial charge in [-0.1, -0.05) is 29.3 Å². The Morgan fingerprint density at radius 1 is 1.00 bits per heavy atom. The summed E-state index contributed by atoms with van der Waals surface area (Å²) in [7, 11) is 3.08. The van der Waals surface area contributed by atoms with Crippen molar-refractivity contribution in [1.29, 1.82) is 0 Å². The van der Waals surface area contributed by atoms with Crippen LogP contribution in [0, 0.1) is 0 Å². The molecule has 0 fully saturated rings. The number of ketones is 1. The van der Waals surface area contributed by atoms with Gasteiger partial charge in [0, 0.05) is 12.5 Å². The third-order valence-corrected chi connectivity index (χ3v) is 3.80. The summed E-state index contributed by atoms with van der Waals surface area (Å²) < 4.78 is 10.4. The van der Waals surface area contributed by atoms with Gasteiger partial charge in [0.05, 0.1) is 29.8 Å². The molecule has 2 aromatic rings. The number of rotatable bonds is 5. The molecule has 0 heterocycles. The van der Waals surface area contributed by atoms with Crippen LogP contribution in [0.2, 0.25) is 10.0 Å². The molecule has 110 valence electrons. The van der Waals surface area contributed by atoms with Crippen LogP contribution in [0.25, 0.3) is 0 Å². The van der Waals surface area contributed by atoms with Gasteiger partial charge in [-0.3, -0.25) is 4.79 Å². The molecule has 0 aliphatic heterocycles. The summed E-state index contributed by atoms with van der Waals surface area (Å²) in [5.74, 6) is 1.06. The lowest BCUT2D eigenvalue weighted by molar-refractivity contribution is 0.0990. The number of hydrogen-bond acceptors (Lipinski definition) is 3. The summed E-state index contributed by atoms with van der Waals surface area (Å²) in [5, 5.41) is 0.901. The molecule has 0 amide bonds. The summed E-state index contributed by atoms with van der Waals surface area (Å²) in [5.41, 5.74) is 1.30. The number of methoxy groups -OCH3 is 2. The summed E-state index contributed by atoms with van der Waals surface area (Å²) in [6, 6.07) is 10.3. The normalized spacial score (nSPS) is 10.3. The zero-order chi connectivity index (χ0) is 15.4.